The molecule has 4 heteroatoms. The van der Waals surface area contributed by atoms with E-state index < -0.39 is 0 Å². The maximum Gasteiger partial charge on any atom is 0.117 e. The van der Waals surface area contributed by atoms with E-state index in [2.05, 4.69) is 66.0 Å². The minimum absolute atomic E-state index is 0.0259. The van der Waals surface area contributed by atoms with E-state index in [1.165, 1.54) is 0 Å². The lowest BCUT2D eigenvalue weighted by molar-refractivity contribution is -0.0828. The van der Waals surface area contributed by atoms with Crippen molar-refractivity contribution in [3.63, 3.8) is 0 Å². The van der Waals surface area contributed by atoms with Crippen LogP contribution in [-0.4, -0.2) is 37.8 Å². The predicted octanol–water partition coefficient (Wildman–Crippen LogP) is 2.73. The highest BCUT2D eigenvalue weighted by Gasteiger charge is 2.48. The Labute approximate surface area is 130 Å². The van der Waals surface area contributed by atoms with Crippen molar-refractivity contribution in [2.45, 2.75) is 79.9 Å². The quantitative estimate of drug-likeness (QED) is 0.822. The highest BCUT2D eigenvalue weighted by molar-refractivity contribution is 4.97. The van der Waals surface area contributed by atoms with Crippen molar-refractivity contribution in [1.29, 1.82) is 0 Å². The summed E-state index contributed by atoms with van der Waals surface area (Å²) in [6.07, 6.45) is 0.0517. The van der Waals surface area contributed by atoms with E-state index in [0.717, 1.165) is 13.2 Å². The molecule has 0 aromatic carbocycles. The molecule has 0 radical (unpaired) electrons. The molecule has 2 fully saturated rings. The van der Waals surface area contributed by atoms with Gasteiger partial charge in [0.15, 0.2) is 0 Å². The molecule has 2 saturated heterocycles. The summed E-state index contributed by atoms with van der Waals surface area (Å²) in [6.45, 7) is 19.5. The third-order valence-electron chi connectivity index (χ3n) is 5.01. The van der Waals surface area contributed by atoms with Gasteiger partial charge in [0.2, 0.25) is 0 Å². The summed E-state index contributed by atoms with van der Waals surface area (Å²) in [6, 6.07) is 0.781. The van der Waals surface area contributed by atoms with Gasteiger partial charge in [0, 0.05) is 17.5 Å². The van der Waals surface area contributed by atoms with Crippen LogP contribution in [0.4, 0.5) is 0 Å². The van der Waals surface area contributed by atoms with Crippen molar-refractivity contribution >= 4 is 0 Å². The fourth-order valence-electron chi connectivity index (χ4n) is 2.94. The van der Waals surface area contributed by atoms with Crippen LogP contribution in [0.2, 0.25) is 0 Å². The molecule has 0 bridgehead atoms. The number of hydrogen-bond acceptors (Lipinski definition) is 4. The van der Waals surface area contributed by atoms with Gasteiger partial charge >= 0.3 is 0 Å². The van der Waals surface area contributed by atoms with Crippen LogP contribution in [0.1, 0.15) is 55.4 Å². The van der Waals surface area contributed by atoms with Crippen LogP contribution in [0.15, 0.2) is 0 Å². The molecule has 4 atom stereocenters. The van der Waals surface area contributed by atoms with E-state index in [0.29, 0.717) is 12.1 Å². The molecule has 2 unspecified atom stereocenters. The van der Waals surface area contributed by atoms with E-state index in [4.69, 9.17) is 9.47 Å². The van der Waals surface area contributed by atoms with Crippen molar-refractivity contribution in [2.24, 2.45) is 16.2 Å². The Kier molecular flexibility index (Phi) is 4.49. The fraction of sp³-hybridized carbons (Fsp3) is 1.00. The maximum absolute atomic E-state index is 6.06. The minimum atomic E-state index is -0.111. The van der Waals surface area contributed by atoms with Gasteiger partial charge in [-0.25, -0.2) is 0 Å². The third-order valence-corrected chi connectivity index (χ3v) is 5.01. The Bertz CT molecular complexity index is 334. The summed E-state index contributed by atoms with van der Waals surface area (Å²) in [5, 5.41) is 7.32. The molecule has 2 heterocycles. The molecular formula is C17H34N2O2. The first kappa shape index (κ1) is 17.2. The molecule has 0 aromatic heterocycles. The van der Waals surface area contributed by atoms with Gasteiger partial charge in [-0.15, -0.1) is 0 Å². The molecule has 21 heavy (non-hydrogen) atoms. The van der Waals surface area contributed by atoms with Gasteiger partial charge in [-0.05, 0) is 10.8 Å². The first-order chi connectivity index (χ1) is 9.42. The Morgan fingerprint density at radius 2 is 1.00 bits per heavy atom. The van der Waals surface area contributed by atoms with Crippen molar-refractivity contribution in [3.05, 3.63) is 0 Å². The first-order valence-electron chi connectivity index (χ1n) is 8.17. The van der Waals surface area contributed by atoms with E-state index in [1.807, 2.05) is 0 Å². The lowest BCUT2D eigenvalue weighted by Crippen LogP contribution is -2.54. The second kappa shape index (κ2) is 5.48. The van der Waals surface area contributed by atoms with Crippen LogP contribution in [0.5, 0.6) is 0 Å². The molecule has 2 aliphatic heterocycles. The lowest BCUT2D eigenvalue weighted by Gasteiger charge is -2.37. The molecular weight excluding hydrogens is 264 g/mol. The van der Waals surface area contributed by atoms with Crippen molar-refractivity contribution in [3.8, 4) is 0 Å². The van der Waals surface area contributed by atoms with Gasteiger partial charge < -0.3 is 9.47 Å². The van der Waals surface area contributed by atoms with E-state index in [1.54, 1.807) is 0 Å². The highest BCUT2D eigenvalue weighted by atomic mass is 16.5. The van der Waals surface area contributed by atoms with E-state index >= 15 is 0 Å². The topological polar surface area (TPSA) is 42.5 Å². The summed E-state index contributed by atoms with van der Waals surface area (Å²) in [5.74, 6) is 0. The SMILES string of the molecule is CC(C)(C1N[C@@H](C(C)(C)C)CO1)C1N[C@@H](C(C)(C)C)CO1. The molecule has 2 aliphatic rings. The zero-order valence-corrected chi connectivity index (χ0v) is 15.0. The van der Waals surface area contributed by atoms with Crippen LogP contribution in [0, 0.1) is 16.2 Å². The molecule has 0 aromatic rings. The van der Waals surface area contributed by atoms with Crippen LogP contribution >= 0.6 is 0 Å². The van der Waals surface area contributed by atoms with Gasteiger partial charge in [-0.2, -0.15) is 0 Å². The van der Waals surface area contributed by atoms with E-state index in [-0.39, 0.29) is 28.7 Å². The Hall–Kier alpha value is -0.160. The largest absolute Gasteiger partial charge is 0.361 e. The average molecular weight is 298 g/mol. The fourth-order valence-corrected chi connectivity index (χ4v) is 2.94. The number of rotatable bonds is 2. The predicted molar refractivity (Wildman–Crippen MR) is 86.0 cm³/mol. The molecule has 0 spiro atoms. The maximum atomic E-state index is 6.06. The average Bonchev–Trinajstić information content (AvgIpc) is 2.97. The zero-order valence-electron chi connectivity index (χ0n) is 15.0. The molecule has 2 N–H and O–H groups in total. The molecule has 0 saturated carbocycles. The van der Waals surface area contributed by atoms with Gasteiger partial charge in [-0.1, -0.05) is 55.4 Å². The second-order valence-electron chi connectivity index (χ2n) is 9.42. The Morgan fingerprint density at radius 1 is 0.667 bits per heavy atom. The van der Waals surface area contributed by atoms with Crippen LogP contribution in [0.3, 0.4) is 0 Å². The number of ether oxygens (including phenoxy) is 2. The Morgan fingerprint density at radius 3 is 1.24 bits per heavy atom. The number of nitrogens with one attached hydrogen (secondary N) is 2. The first-order valence-corrected chi connectivity index (χ1v) is 8.17. The summed E-state index contributed by atoms with van der Waals surface area (Å²) < 4.78 is 12.1. The summed E-state index contributed by atoms with van der Waals surface area (Å²) in [4.78, 5) is 0. The van der Waals surface area contributed by atoms with Crippen molar-refractivity contribution < 1.29 is 9.47 Å². The third kappa shape index (κ3) is 3.61. The molecule has 0 amide bonds. The molecule has 4 nitrogen and oxygen atoms in total. The lowest BCUT2D eigenvalue weighted by atomic mass is 9.84. The summed E-state index contributed by atoms with van der Waals surface area (Å²) in [5.41, 5.74) is 0.311. The van der Waals surface area contributed by atoms with Gasteiger partial charge in [0.1, 0.15) is 12.5 Å². The normalized spacial score (nSPS) is 35.4. The smallest absolute Gasteiger partial charge is 0.117 e. The van der Waals surface area contributed by atoms with Crippen molar-refractivity contribution in [2.75, 3.05) is 13.2 Å². The number of hydrogen-bond donors (Lipinski definition) is 2. The molecule has 124 valence electrons. The van der Waals surface area contributed by atoms with Crippen LogP contribution in [-0.2, 0) is 9.47 Å². The van der Waals surface area contributed by atoms with E-state index in [9.17, 15) is 0 Å². The monoisotopic (exact) mass is 298 g/mol. The standard InChI is InChI=1S/C17H34N2O2/c1-15(2,3)11-9-20-13(18-11)17(7,8)14-19-12(10-21-14)16(4,5)6/h11-14,18-19H,9-10H2,1-8H3/t11-,12-,13?,14?/m1/s1. The van der Waals surface area contributed by atoms with Gasteiger partial charge in [0.25, 0.3) is 0 Å². The molecule has 0 aliphatic carbocycles. The van der Waals surface area contributed by atoms with Crippen molar-refractivity contribution in [1.82, 2.24) is 10.6 Å². The van der Waals surface area contributed by atoms with Crippen LogP contribution < -0.4 is 10.6 Å². The highest BCUT2D eigenvalue weighted by Crippen LogP contribution is 2.37. The van der Waals surface area contributed by atoms with Gasteiger partial charge in [0.05, 0.1) is 13.2 Å². The summed E-state index contributed by atoms with van der Waals surface area (Å²) >= 11 is 0. The van der Waals surface area contributed by atoms with Gasteiger partial charge in [-0.3, -0.25) is 10.6 Å². The Balaban J connectivity index is 2.00. The molecule has 2 rings (SSSR count). The van der Waals surface area contributed by atoms with Crippen LogP contribution in [0.25, 0.3) is 0 Å². The second-order valence-corrected chi connectivity index (χ2v) is 9.42. The minimum Gasteiger partial charge on any atom is -0.361 e. The zero-order chi connectivity index (χ0) is 16.1. The summed E-state index contributed by atoms with van der Waals surface area (Å²) in [7, 11) is 0.